The SMILES string of the molecule is CCCCC(CC)C1C2CC1C(C)CC2C. The van der Waals surface area contributed by atoms with Crippen LogP contribution in [-0.2, 0) is 0 Å². The highest BCUT2D eigenvalue weighted by Gasteiger charge is 2.52. The van der Waals surface area contributed by atoms with Gasteiger partial charge in [-0.3, -0.25) is 0 Å². The summed E-state index contributed by atoms with van der Waals surface area (Å²) < 4.78 is 0. The summed E-state index contributed by atoms with van der Waals surface area (Å²) in [6, 6.07) is 0. The first-order chi connectivity index (χ1) is 7.69. The average molecular weight is 222 g/mol. The van der Waals surface area contributed by atoms with Crippen LogP contribution in [-0.4, -0.2) is 0 Å². The van der Waals surface area contributed by atoms with Crippen LogP contribution in [0.5, 0.6) is 0 Å². The molecule has 2 bridgehead atoms. The first kappa shape index (κ1) is 12.5. The molecule has 3 fully saturated rings. The van der Waals surface area contributed by atoms with Crippen molar-refractivity contribution in [2.24, 2.45) is 35.5 Å². The van der Waals surface area contributed by atoms with E-state index in [1.165, 1.54) is 32.1 Å². The third-order valence-electron chi connectivity index (χ3n) is 5.74. The molecule has 16 heavy (non-hydrogen) atoms. The predicted molar refractivity (Wildman–Crippen MR) is 71.3 cm³/mol. The van der Waals surface area contributed by atoms with Gasteiger partial charge in [-0.15, -0.1) is 0 Å². The Morgan fingerprint density at radius 2 is 1.62 bits per heavy atom. The molecule has 0 heteroatoms. The molecule has 0 N–H and O–H groups in total. The summed E-state index contributed by atoms with van der Waals surface area (Å²) in [5, 5.41) is 0. The maximum atomic E-state index is 2.51. The minimum absolute atomic E-state index is 1.01. The van der Waals surface area contributed by atoms with Gasteiger partial charge in [-0.2, -0.15) is 0 Å². The number of hydrogen-bond acceptors (Lipinski definition) is 0. The first-order valence-electron chi connectivity index (χ1n) is 7.69. The fourth-order valence-corrected chi connectivity index (χ4v) is 4.74. The average Bonchev–Trinajstić information content (AvgIpc) is 2.21. The van der Waals surface area contributed by atoms with Crippen molar-refractivity contribution in [2.75, 3.05) is 0 Å². The molecule has 0 radical (unpaired) electrons. The monoisotopic (exact) mass is 222 g/mol. The van der Waals surface area contributed by atoms with Crippen LogP contribution in [0.2, 0.25) is 0 Å². The van der Waals surface area contributed by atoms with Crippen molar-refractivity contribution in [1.29, 1.82) is 0 Å². The van der Waals surface area contributed by atoms with Crippen LogP contribution in [0, 0.1) is 35.5 Å². The van der Waals surface area contributed by atoms with Crippen molar-refractivity contribution in [2.45, 2.75) is 66.2 Å². The van der Waals surface area contributed by atoms with Gasteiger partial charge in [0.15, 0.2) is 0 Å². The molecule has 3 aliphatic rings. The molecular formula is C16H30. The van der Waals surface area contributed by atoms with Crippen LogP contribution in [0.25, 0.3) is 0 Å². The summed E-state index contributed by atoms with van der Waals surface area (Å²) in [5.74, 6) is 6.39. The lowest BCUT2D eigenvalue weighted by molar-refractivity contribution is -0.100. The second kappa shape index (κ2) is 5.10. The Kier molecular flexibility index (Phi) is 3.97. The molecule has 3 aliphatic carbocycles. The van der Waals surface area contributed by atoms with Gasteiger partial charge in [-0.25, -0.2) is 0 Å². The molecule has 3 rings (SSSR count). The third-order valence-corrected chi connectivity index (χ3v) is 5.74. The van der Waals surface area contributed by atoms with Gasteiger partial charge in [0.1, 0.15) is 0 Å². The fourth-order valence-electron chi connectivity index (χ4n) is 4.74. The summed E-state index contributed by atoms with van der Waals surface area (Å²) >= 11 is 0. The van der Waals surface area contributed by atoms with Crippen molar-refractivity contribution in [1.82, 2.24) is 0 Å². The van der Waals surface area contributed by atoms with E-state index < -0.39 is 0 Å². The van der Waals surface area contributed by atoms with E-state index in [2.05, 4.69) is 27.7 Å². The lowest BCUT2D eigenvalue weighted by Crippen LogP contribution is -2.52. The molecular weight excluding hydrogens is 192 g/mol. The zero-order valence-electron chi connectivity index (χ0n) is 11.7. The van der Waals surface area contributed by atoms with Gasteiger partial charge in [-0.05, 0) is 48.3 Å². The van der Waals surface area contributed by atoms with Crippen molar-refractivity contribution in [3.05, 3.63) is 0 Å². The molecule has 0 aromatic carbocycles. The molecule has 5 atom stereocenters. The molecule has 0 amide bonds. The Bertz CT molecular complexity index is 206. The lowest BCUT2D eigenvalue weighted by atomic mass is 9.46. The number of hydrogen-bond donors (Lipinski definition) is 0. The minimum Gasteiger partial charge on any atom is -0.0654 e. The first-order valence-corrected chi connectivity index (χ1v) is 7.69. The maximum Gasteiger partial charge on any atom is -0.0324 e. The van der Waals surface area contributed by atoms with E-state index in [0.717, 1.165) is 35.5 Å². The second-order valence-electron chi connectivity index (χ2n) is 6.64. The highest BCUT2D eigenvalue weighted by Crippen LogP contribution is 2.59. The van der Waals surface area contributed by atoms with Crippen molar-refractivity contribution >= 4 is 0 Å². The summed E-state index contributed by atoms with van der Waals surface area (Å²) in [6.45, 7) is 9.77. The topological polar surface area (TPSA) is 0 Å². The molecule has 0 heterocycles. The molecule has 5 unspecified atom stereocenters. The fraction of sp³-hybridized carbons (Fsp3) is 1.00. The molecule has 94 valence electrons. The lowest BCUT2D eigenvalue weighted by Gasteiger charge is -2.59. The van der Waals surface area contributed by atoms with Crippen LogP contribution in [0.4, 0.5) is 0 Å². The maximum absolute atomic E-state index is 2.51. The standard InChI is InChI=1S/C16H30/c1-5-7-8-13(6-2)16-14-10-15(16)12(4)9-11(14)3/h11-16H,5-10H2,1-4H3. The van der Waals surface area contributed by atoms with Gasteiger partial charge in [0, 0.05) is 0 Å². The minimum atomic E-state index is 1.01. The van der Waals surface area contributed by atoms with Crippen LogP contribution < -0.4 is 0 Å². The van der Waals surface area contributed by atoms with E-state index in [0.29, 0.717) is 0 Å². The van der Waals surface area contributed by atoms with Crippen LogP contribution in [0.1, 0.15) is 66.2 Å². The van der Waals surface area contributed by atoms with Crippen molar-refractivity contribution in [3.8, 4) is 0 Å². The van der Waals surface area contributed by atoms with Crippen molar-refractivity contribution < 1.29 is 0 Å². The van der Waals surface area contributed by atoms with Crippen molar-refractivity contribution in [3.63, 3.8) is 0 Å². The van der Waals surface area contributed by atoms with E-state index in [1.807, 2.05) is 0 Å². The molecule has 0 aliphatic heterocycles. The summed E-state index contributed by atoms with van der Waals surface area (Å²) in [4.78, 5) is 0. The van der Waals surface area contributed by atoms with E-state index in [4.69, 9.17) is 0 Å². The second-order valence-corrected chi connectivity index (χ2v) is 6.64. The molecule has 0 nitrogen and oxygen atoms in total. The zero-order valence-corrected chi connectivity index (χ0v) is 11.7. The molecule has 0 spiro atoms. The van der Waals surface area contributed by atoms with Gasteiger partial charge in [0.25, 0.3) is 0 Å². The van der Waals surface area contributed by atoms with E-state index in [-0.39, 0.29) is 0 Å². The van der Waals surface area contributed by atoms with Crippen LogP contribution >= 0.6 is 0 Å². The molecule has 0 saturated heterocycles. The Hall–Kier alpha value is 0. The van der Waals surface area contributed by atoms with Gasteiger partial charge in [0.05, 0.1) is 0 Å². The van der Waals surface area contributed by atoms with E-state index >= 15 is 0 Å². The Labute approximate surface area is 102 Å². The molecule has 0 aromatic heterocycles. The summed E-state index contributed by atoms with van der Waals surface area (Å²) in [7, 11) is 0. The van der Waals surface area contributed by atoms with Gasteiger partial charge >= 0.3 is 0 Å². The smallest absolute Gasteiger partial charge is 0.0324 e. The Morgan fingerprint density at radius 1 is 1.00 bits per heavy atom. The highest BCUT2D eigenvalue weighted by atomic mass is 14.6. The number of fused-ring (bicyclic) bond motifs is 2. The summed E-state index contributed by atoms with van der Waals surface area (Å²) in [6.07, 6.45) is 8.84. The Balaban J connectivity index is 1.97. The van der Waals surface area contributed by atoms with Crippen LogP contribution in [0.15, 0.2) is 0 Å². The molecule has 3 saturated carbocycles. The third kappa shape index (κ3) is 2.05. The largest absolute Gasteiger partial charge is 0.0654 e. The van der Waals surface area contributed by atoms with Gasteiger partial charge < -0.3 is 0 Å². The van der Waals surface area contributed by atoms with Crippen LogP contribution in [0.3, 0.4) is 0 Å². The predicted octanol–water partition coefficient (Wildman–Crippen LogP) is 5.13. The number of rotatable bonds is 5. The normalized spacial score (nSPS) is 43.9. The highest BCUT2D eigenvalue weighted by molar-refractivity contribution is 5.01. The molecule has 0 aromatic rings. The quantitative estimate of drug-likeness (QED) is 0.605. The summed E-state index contributed by atoms with van der Waals surface area (Å²) in [5.41, 5.74) is 0. The zero-order chi connectivity index (χ0) is 11.7. The van der Waals surface area contributed by atoms with E-state index in [1.54, 1.807) is 6.42 Å². The Morgan fingerprint density at radius 3 is 2.06 bits per heavy atom. The van der Waals surface area contributed by atoms with E-state index in [9.17, 15) is 0 Å². The number of unbranched alkanes of at least 4 members (excludes halogenated alkanes) is 1. The van der Waals surface area contributed by atoms with Gasteiger partial charge in [-0.1, -0.05) is 53.4 Å². The van der Waals surface area contributed by atoms with Gasteiger partial charge in [0.2, 0.25) is 0 Å².